The molecule has 1 unspecified atom stereocenters. The average Bonchev–Trinajstić information content (AvgIpc) is 3.42. The monoisotopic (exact) mass is 468 g/mol. The quantitative estimate of drug-likeness (QED) is 0.487. The molecule has 0 aliphatic carbocycles. The Morgan fingerprint density at radius 1 is 1.03 bits per heavy atom. The van der Waals surface area contributed by atoms with Gasteiger partial charge in [0.2, 0.25) is 0 Å². The van der Waals surface area contributed by atoms with Crippen molar-refractivity contribution in [3.63, 3.8) is 0 Å². The SMILES string of the molecule is Fc1ccc(CCc2ncc3c(n2)C(C[C@H]2CCNC2)C(c2c(Cl)cccc2Cl)=N3)cc1. The van der Waals surface area contributed by atoms with Crippen LogP contribution in [-0.4, -0.2) is 28.8 Å². The standard InChI is InChI=1S/C25H23Cl2FN4/c26-19-2-1-3-20(27)23(19)25-18(12-16-10-11-29-13-16)24-21(31-25)14-30-22(32-24)9-6-15-4-7-17(28)8-5-15/h1-5,7-8,14,16,18,29H,6,9-13H2/t16-,18?/m1/s1. The first-order valence-corrected chi connectivity index (χ1v) is 11.7. The number of halogens is 3. The van der Waals surface area contributed by atoms with Crippen LogP contribution in [0.2, 0.25) is 10.0 Å². The average molecular weight is 469 g/mol. The molecule has 32 heavy (non-hydrogen) atoms. The number of rotatable bonds is 6. The molecule has 2 aromatic carbocycles. The summed E-state index contributed by atoms with van der Waals surface area (Å²) in [7, 11) is 0. The Balaban J connectivity index is 1.45. The van der Waals surface area contributed by atoms with Crippen LogP contribution >= 0.6 is 23.2 Å². The van der Waals surface area contributed by atoms with Gasteiger partial charge in [-0.15, -0.1) is 0 Å². The number of aryl methyl sites for hydroxylation is 2. The number of hydrogen-bond donors (Lipinski definition) is 1. The summed E-state index contributed by atoms with van der Waals surface area (Å²) in [4.78, 5) is 14.4. The summed E-state index contributed by atoms with van der Waals surface area (Å²) in [6.07, 6.45) is 5.31. The van der Waals surface area contributed by atoms with Gasteiger partial charge in [-0.05, 0) is 68.1 Å². The molecule has 3 heterocycles. The van der Waals surface area contributed by atoms with Crippen LogP contribution in [0.3, 0.4) is 0 Å². The molecular formula is C25H23Cl2FN4. The highest BCUT2D eigenvalue weighted by Crippen LogP contribution is 2.43. The molecule has 2 aliphatic rings. The maximum atomic E-state index is 13.2. The minimum absolute atomic E-state index is 0.0277. The van der Waals surface area contributed by atoms with Crippen LogP contribution in [0.1, 0.15) is 41.4 Å². The van der Waals surface area contributed by atoms with Crippen molar-refractivity contribution in [2.75, 3.05) is 13.1 Å². The third kappa shape index (κ3) is 4.42. The topological polar surface area (TPSA) is 50.2 Å². The van der Waals surface area contributed by atoms with Crippen molar-refractivity contribution in [2.45, 2.75) is 31.6 Å². The van der Waals surface area contributed by atoms with Crippen LogP contribution in [0.4, 0.5) is 10.1 Å². The first-order chi connectivity index (χ1) is 15.6. The first kappa shape index (κ1) is 21.5. The second-order valence-corrected chi connectivity index (χ2v) is 9.24. The summed E-state index contributed by atoms with van der Waals surface area (Å²) in [5.74, 6) is 1.12. The van der Waals surface area contributed by atoms with Gasteiger partial charge in [-0.2, -0.15) is 0 Å². The highest BCUT2D eigenvalue weighted by Gasteiger charge is 2.35. The normalized spacial score (nSPS) is 19.8. The van der Waals surface area contributed by atoms with Gasteiger partial charge >= 0.3 is 0 Å². The highest BCUT2D eigenvalue weighted by atomic mass is 35.5. The van der Waals surface area contributed by atoms with Gasteiger partial charge < -0.3 is 5.32 Å². The lowest BCUT2D eigenvalue weighted by Gasteiger charge is -2.19. The maximum absolute atomic E-state index is 13.2. The van der Waals surface area contributed by atoms with Gasteiger partial charge in [0.05, 0.1) is 27.6 Å². The Hall–Kier alpha value is -2.34. The van der Waals surface area contributed by atoms with E-state index in [1.807, 2.05) is 18.2 Å². The lowest BCUT2D eigenvalue weighted by atomic mass is 9.86. The molecule has 7 heteroatoms. The highest BCUT2D eigenvalue weighted by molar-refractivity contribution is 6.40. The fourth-order valence-electron chi connectivity index (χ4n) is 4.58. The molecule has 1 aromatic heterocycles. The largest absolute Gasteiger partial charge is 0.316 e. The molecule has 1 N–H and O–H groups in total. The molecule has 2 atom stereocenters. The fourth-order valence-corrected chi connectivity index (χ4v) is 5.17. The number of nitrogens with zero attached hydrogens (tertiary/aromatic N) is 3. The van der Waals surface area contributed by atoms with Crippen LogP contribution in [0.5, 0.6) is 0 Å². The van der Waals surface area contributed by atoms with E-state index in [1.54, 1.807) is 18.3 Å². The lowest BCUT2D eigenvalue weighted by molar-refractivity contribution is 0.513. The number of aromatic nitrogens is 2. The predicted molar refractivity (Wildman–Crippen MR) is 127 cm³/mol. The van der Waals surface area contributed by atoms with Gasteiger partial charge in [-0.1, -0.05) is 41.4 Å². The van der Waals surface area contributed by atoms with E-state index in [9.17, 15) is 4.39 Å². The van der Waals surface area contributed by atoms with Crippen LogP contribution in [-0.2, 0) is 12.8 Å². The molecule has 0 saturated carbocycles. The molecular weight excluding hydrogens is 446 g/mol. The summed E-state index contributed by atoms with van der Waals surface area (Å²) in [5, 5.41) is 4.65. The van der Waals surface area contributed by atoms with Gasteiger partial charge in [-0.3, -0.25) is 0 Å². The summed E-state index contributed by atoms with van der Waals surface area (Å²) in [5.41, 5.74) is 4.47. The van der Waals surface area contributed by atoms with E-state index in [0.717, 1.165) is 66.4 Å². The molecule has 1 saturated heterocycles. The summed E-state index contributed by atoms with van der Waals surface area (Å²) < 4.78 is 13.2. The zero-order valence-corrected chi connectivity index (χ0v) is 19.0. The van der Waals surface area contributed by atoms with Gasteiger partial charge in [0, 0.05) is 17.9 Å². The minimum Gasteiger partial charge on any atom is -0.316 e. The Morgan fingerprint density at radius 3 is 2.53 bits per heavy atom. The van der Waals surface area contributed by atoms with Crippen molar-refractivity contribution < 1.29 is 4.39 Å². The van der Waals surface area contributed by atoms with E-state index in [4.69, 9.17) is 33.2 Å². The van der Waals surface area contributed by atoms with Gasteiger partial charge in [0.15, 0.2) is 0 Å². The van der Waals surface area contributed by atoms with Crippen molar-refractivity contribution in [1.82, 2.24) is 15.3 Å². The Labute approximate surface area is 196 Å². The zero-order chi connectivity index (χ0) is 22.1. The summed E-state index contributed by atoms with van der Waals surface area (Å²) >= 11 is 13.1. The smallest absolute Gasteiger partial charge is 0.129 e. The number of aliphatic imine (C=N–C) groups is 1. The molecule has 0 amide bonds. The first-order valence-electron chi connectivity index (χ1n) is 10.9. The molecule has 5 rings (SSSR count). The zero-order valence-electron chi connectivity index (χ0n) is 17.5. The van der Waals surface area contributed by atoms with Crippen LogP contribution in [0.15, 0.2) is 53.7 Å². The number of benzene rings is 2. The number of fused-ring (bicyclic) bond motifs is 1. The van der Waals surface area contributed by atoms with Crippen LogP contribution in [0, 0.1) is 11.7 Å². The van der Waals surface area contributed by atoms with E-state index < -0.39 is 0 Å². The molecule has 0 spiro atoms. The second kappa shape index (κ2) is 9.26. The summed E-state index contributed by atoms with van der Waals surface area (Å²) in [6, 6.07) is 12.1. The van der Waals surface area contributed by atoms with Crippen molar-refractivity contribution in [2.24, 2.45) is 10.9 Å². The molecule has 0 radical (unpaired) electrons. The van der Waals surface area contributed by atoms with Crippen LogP contribution < -0.4 is 5.32 Å². The Morgan fingerprint density at radius 2 is 1.81 bits per heavy atom. The second-order valence-electron chi connectivity index (χ2n) is 8.42. The van der Waals surface area contributed by atoms with Gasteiger partial charge in [0.1, 0.15) is 17.3 Å². The third-order valence-corrected chi connectivity index (χ3v) is 6.88. The maximum Gasteiger partial charge on any atom is 0.129 e. The Kier molecular flexibility index (Phi) is 6.22. The fraction of sp³-hybridized carbons (Fsp3) is 0.320. The molecule has 1 fully saturated rings. The molecule has 0 bridgehead atoms. The van der Waals surface area contributed by atoms with Crippen LogP contribution in [0.25, 0.3) is 0 Å². The molecule has 3 aromatic rings. The van der Waals surface area contributed by atoms with E-state index in [-0.39, 0.29) is 11.7 Å². The van der Waals surface area contributed by atoms with Crippen molar-refractivity contribution in [3.05, 3.63) is 87.2 Å². The van der Waals surface area contributed by atoms with E-state index in [2.05, 4.69) is 10.3 Å². The van der Waals surface area contributed by atoms with Gasteiger partial charge in [-0.25, -0.2) is 19.4 Å². The van der Waals surface area contributed by atoms with Crippen molar-refractivity contribution in [1.29, 1.82) is 0 Å². The van der Waals surface area contributed by atoms with E-state index in [1.165, 1.54) is 12.1 Å². The Bertz CT molecular complexity index is 1140. The predicted octanol–water partition coefficient (Wildman–Crippen LogP) is 5.93. The summed E-state index contributed by atoms with van der Waals surface area (Å²) in [6.45, 7) is 2.04. The van der Waals surface area contributed by atoms with Crippen molar-refractivity contribution in [3.8, 4) is 0 Å². The molecule has 164 valence electrons. The minimum atomic E-state index is -0.227. The van der Waals surface area contributed by atoms with E-state index >= 15 is 0 Å². The molecule has 2 aliphatic heterocycles. The third-order valence-electron chi connectivity index (χ3n) is 6.25. The molecule has 4 nitrogen and oxygen atoms in total. The number of hydrogen-bond acceptors (Lipinski definition) is 4. The van der Waals surface area contributed by atoms with Gasteiger partial charge in [0.25, 0.3) is 0 Å². The van der Waals surface area contributed by atoms with Crippen molar-refractivity contribution >= 4 is 34.6 Å². The lowest BCUT2D eigenvalue weighted by Crippen LogP contribution is -2.18. The number of nitrogens with one attached hydrogen (secondary N) is 1. The van der Waals surface area contributed by atoms with E-state index in [0.29, 0.717) is 22.4 Å².